The normalized spacial score (nSPS) is 9.58. The maximum Gasteiger partial charge on any atom is 0.0315 e. The van der Waals surface area contributed by atoms with Crippen molar-refractivity contribution in [2.24, 2.45) is 7.05 Å². The summed E-state index contributed by atoms with van der Waals surface area (Å²) in [7, 11) is 1.99. The largest absolute Gasteiger partial charge is 0.303 e. The molecule has 1 aromatic rings. The van der Waals surface area contributed by atoms with Gasteiger partial charge in [0.05, 0.1) is 0 Å². The van der Waals surface area contributed by atoms with Crippen molar-refractivity contribution in [3.8, 4) is 0 Å². The van der Waals surface area contributed by atoms with Crippen LogP contribution in [0, 0.1) is 6.92 Å². The number of rotatable bonds is 1. The van der Waals surface area contributed by atoms with E-state index >= 15 is 0 Å². The van der Waals surface area contributed by atoms with Crippen molar-refractivity contribution in [1.29, 1.82) is 0 Å². The van der Waals surface area contributed by atoms with Gasteiger partial charge in [0.25, 0.3) is 0 Å². The van der Waals surface area contributed by atoms with Crippen LogP contribution in [-0.2, 0) is 13.5 Å². The minimum Gasteiger partial charge on any atom is -0.303 e. The highest BCUT2D eigenvalue weighted by atomic mass is 15.2. The van der Waals surface area contributed by atoms with E-state index in [-0.39, 0.29) is 0 Å². The maximum absolute atomic E-state index is 3.27. The third-order valence-corrected chi connectivity index (χ3v) is 1.77. The van der Waals surface area contributed by atoms with E-state index in [1.807, 2.05) is 24.0 Å². The van der Waals surface area contributed by atoms with Gasteiger partial charge in [-0.1, -0.05) is 13.0 Å². The van der Waals surface area contributed by atoms with Gasteiger partial charge in [-0.05, 0) is 31.0 Å². The summed E-state index contributed by atoms with van der Waals surface area (Å²) in [6.07, 6.45) is 3.04. The van der Waals surface area contributed by atoms with Gasteiger partial charge in [-0.2, -0.15) is 0 Å². The van der Waals surface area contributed by atoms with Gasteiger partial charge >= 0.3 is 0 Å². The maximum atomic E-state index is 3.27. The number of aromatic nitrogens is 2. The second kappa shape index (κ2) is 4.00. The van der Waals surface area contributed by atoms with Gasteiger partial charge in [0, 0.05) is 18.9 Å². The monoisotopic (exact) mass is 164 g/mol. The molecule has 0 aromatic carbocycles. The van der Waals surface area contributed by atoms with Gasteiger partial charge in [0.15, 0.2) is 0 Å². The van der Waals surface area contributed by atoms with Crippen molar-refractivity contribution in [3.05, 3.63) is 35.7 Å². The molecular weight excluding hydrogens is 148 g/mol. The number of aryl methyl sites for hydroxylation is 3. The molecule has 1 N–H and O–H groups in total. The number of hydrogen-bond acceptors (Lipinski definition) is 0. The Balaban J connectivity index is 3.24. The van der Waals surface area contributed by atoms with Gasteiger partial charge in [-0.25, -0.2) is 0 Å². The first-order chi connectivity index (χ1) is 5.72. The Bertz CT molecular complexity index is 267. The molecule has 0 aliphatic rings. The van der Waals surface area contributed by atoms with Crippen LogP contribution in [0.5, 0.6) is 0 Å². The van der Waals surface area contributed by atoms with E-state index in [0.717, 1.165) is 6.42 Å². The predicted octanol–water partition coefficient (Wildman–Crippen LogP) is 2.35. The Labute approximate surface area is 73.5 Å². The van der Waals surface area contributed by atoms with E-state index in [1.54, 1.807) is 0 Å². The van der Waals surface area contributed by atoms with Crippen LogP contribution in [0.4, 0.5) is 0 Å². The molecule has 12 heavy (non-hydrogen) atoms. The number of nitrogens with zero attached hydrogens (tertiary/aromatic N) is 1. The van der Waals surface area contributed by atoms with E-state index in [1.165, 1.54) is 11.3 Å². The Morgan fingerprint density at radius 1 is 1.50 bits per heavy atom. The fourth-order valence-electron chi connectivity index (χ4n) is 1.12. The van der Waals surface area contributed by atoms with Crippen molar-refractivity contribution >= 4 is 0 Å². The lowest BCUT2D eigenvalue weighted by molar-refractivity contribution is 0.716. The van der Waals surface area contributed by atoms with Crippen LogP contribution in [0.25, 0.3) is 0 Å². The van der Waals surface area contributed by atoms with Crippen LogP contribution in [0.3, 0.4) is 0 Å². The first-order valence-electron chi connectivity index (χ1n) is 4.27. The molecule has 66 valence electrons. The second-order valence-electron chi connectivity index (χ2n) is 3.00. The summed E-state index contributed by atoms with van der Waals surface area (Å²) in [5.41, 5.74) is 2.53. The van der Waals surface area contributed by atoms with Crippen LogP contribution in [0.1, 0.15) is 18.2 Å². The van der Waals surface area contributed by atoms with E-state index < -0.39 is 0 Å². The highest BCUT2D eigenvalue weighted by molar-refractivity contribution is 5.11. The zero-order valence-corrected chi connectivity index (χ0v) is 7.96. The quantitative estimate of drug-likeness (QED) is 0.657. The molecular formula is C10H16N2. The number of H-pyrrole nitrogens is 1. The molecule has 0 atom stereocenters. The van der Waals surface area contributed by atoms with Crippen LogP contribution < -0.4 is 0 Å². The molecule has 2 heteroatoms. The summed E-state index contributed by atoms with van der Waals surface area (Å²) in [6, 6.07) is 6.30. The molecule has 0 radical (unpaired) electrons. The molecule has 2 nitrogen and oxygen atoms in total. The Morgan fingerprint density at radius 3 is 2.92 bits per heavy atom. The number of nitrogens with one attached hydrogen (secondary N) is 1. The summed E-state index contributed by atoms with van der Waals surface area (Å²) in [5.74, 6) is 0. The van der Waals surface area contributed by atoms with Crippen LogP contribution >= 0.6 is 0 Å². The van der Waals surface area contributed by atoms with Crippen LogP contribution in [0.2, 0.25) is 0 Å². The third-order valence-electron chi connectivity index (χ3n) is 1.77. The van der Waals surface area contributed by atoms with Gasteiger partial charge in [0.1, 0.15) is 0 Å². The predicted molar refractivity (Wildman–Crippen MR) is 51.5 cm³/mol. The Hall–Kier alpha value is -1.18. The zero-order valence-electron chi connectivity index (χ0n) is 7.96. The zero-order chi connectivity index (χ0) is 8.97. The van der Waals surface area contributed by atoms with Gasteiger partial charge in [-0.15, -0.1) is 0 Å². The Morgan fingerprint density at radius 2 is 2.25 bits per heavy atom. The molecule has 0 fully saturated rings. The van der Waals surface area contributed by atoms with Crippen LogP contribution in [-0.4, -0.2) is 9.78 Å². The SMILES string of the molecule is CCc1cc(C)cccn(C)[nH]1. The fourth-order valence-corrected chi connectivity index (χ4v) is 1.12. The average Bonchev–Trinajstić information content (AvgIpc) is 2.00. The summed E-state index contributed by atoms with van der Waals surface area (Å²) < 4.78 is 1.96. The molecule has 0 amide bonds. The summed E-state index contributed by atoms with van der Waals surface area (Å²) in [5, 5.41) is 3.27. The Kier molecular flexibility index (Phi) is 2.97. The van der Waals surface area contributed by atoms with Crippen molar-refractivity contribution in [2.75, 3.05) is 0 Å². The van der Waals surface area contributed by atoms with Crippen molar-refractivity contribution in [2.45, 2.75) is 20.3 Å². The van der Waals surface area contributed by atoms with Gasteiger partial charge in [-0.3, -0.25) is 4.68 Å². The van der Waals surface area contributed by atoms with E-state index in [9.17, 15) is 0 Å². The molecule has 1 heterocycles. The summed E-state index contributed by atoms with van der Waals surface area (Å²) in [6.45, 7) is 4.25. The highest BCUT2D eigenvalue weighted by Crippen LogP contribution is 1.97. The number of hydrogen-bond donors (Lipinski definition) is 1. The average molecular weight is 164 g/mol. The molecule has 0 saturated carbocycles. The summed E-state index contributed by atoms with van der Waals surface area (Å²) in [4.78, 5) is 0. The molecule has 0 aliphatic heterocycles. The molecule has 1 aromatic heterocycles. The molecule has 0 spiro atoms. The molecule has 0 saturated heterocycles. The topological polar surface area (TPSA) is 20.7 Å². The lowest BCUT2D eigenvalue weighted by atomic mass is 10.2. The first-order valence-corrected chi connectivity index (χ1v) is 4.27. The molecule has 0 aliphatic carbocycles. The van der Waals surface area contributed by atoms with Gasteiger partial charge in [0.2, 0.25) is 0 Å². The van der Waals surface area contributed by atoms with Crippen molar-refractivity contribution < 1.29 is 0 Å². The molecule has 0 unspecified atom stereocenters. The highest BCUT2D eigenvalue weighted by Gasteiger charge is 1.85. The van der Waals surface area contributed by atoms with Crippen LogP contribution in [0.15, 0.2) is 24.4 Å². The smallest absolute Gasteiger partial charge is 0.0315 e. The minimum atomic E-state index is 1.03. The summed E-state index contributed by atoms with van der Waals surface area (Å²) >= 11 is 0. The number of aromatic amines is 1. The fraction of sp³-hybridized carbons (Fsp3) is 0.400. The van der Waals surface area contributed by atoms with E-state index in [2.05, 4.69) is 31.1 Å². The van der Waals surface area contributed by atoms with Crippen molar-refractivity contribution in [3.63, 3.8) is 0 Å². The minimum absolute atomic E-state index is 1.03. The molecule has 1 rings (SSSR count). The van der Waals surface area contributed by atoms with E-state index in [4.69, 9.17) is 0 Å². The van der Waals surface area contributed by atoms with E-state index in [0.29, 0.717) is 0 Å². The third kappa shape index (κ3) is 2.46. The second-order valence-corrected chi connectivity index (χ2v) is 3.00. The lowest BCUT2D eigenvalue weighted by Gasteiger charge is -2.01. The standard InChI is InChI=1S/C10H16N2/c1-4-10-8-9(2)6-5-7-12(3)11-10/h5-8,11H,4H2,1-3H3. The van der Waals surface area contributed by atoms with Crippen molar-refractivity contribution in [1.82, 2.24) is 9.78 Å². The first kappa shape index (κ1) is 8.91. The molecule has 0 bridgehead atoms. The lowest BCUT2D eigenvalue weighted by Crippen LogP contribution is -1.97. The van der Waals surface area contributed by atoms with Gasteiger partial charge < -0.3 is 5.10 Å².